The molecule has 7 heteroatoms. The fraction of sp³-hybridized carbons (Fsp3) is 0.467. The Hall–Kier alpha value is -3.19. The van der Waals surface area contributed by atoms with Gasteiger partial charge in [0.15, 0.2) is 0 Å². The number of rotatable bonds is 5. The predicted molar refractivity (Wildman–Crippen MR) is 136 cm³/mol. The molecule has 1 amide bonds. The molecule has 0 spiro atoms. The zero-order valence-corrected chi connectivity index (χ0v) is 20.8. The van der Waals surface area contributed by atoms with E-state index in [1.165, 1.54) is 18.6 Å². The van der Waals surface area contributed by atoms with Crippen molar-refractivity contribution in [2.75, 3.05) is 11.9 Å². The van der Waals surface area contributed by atoms with Crippen LogP contribution in [0.1, 0.15) is 67.2 Å². The Morgan fingerprint density at radius 2 is 1.92 bits per heavy atom. The van der Waals surface area contributed by atoms with Crippen LogP contribution in [0.15, 0.2) is 36.4 Å². The number of nitrogens with one attached hydrogen (secondary N) is 1. The van der Waals surface area contributed by atoms with Crippen LogP contribution in [-0.4, -0.2) is 24.0 Å². The molecule has 8 rings (SSSR count). The van der Waals surface area contributed by atoms with Crippen molar-refractivity contribution in [3.8, 4) is 0 Å². The number of carbonyl (C=O) groups is 2. The first-order chi connectivity index (χ1) is 17.8. The molecule has 4 bridgehead atoms. The van der Waals surface area contributed by atoms with E-state index in [1.807, 2.05) is 12.1 Å². The summed E-state index contributed by atoms with van der Waals surface area (Å²) in [5.41, 5.74) is 10.6. The number of amides is 1. The van der Waals surface area contributed by atoms with Crippen LogP contribution < -0.4 is 11.1 Å². The predicted octanol–water partition coefficient (Wildman–Crippen LogP) is 4.95. The highest BCUT2D eigenvalue weighted by Gasteiger charge is 2.60. The zero-order valence-electron chi connectivity index (χ0n) is 20.8. The van der Waals surface area contributed by atoms with Gasteiger partial charge in [0.2, 0.25) is 0 Å². The van der Waals surface area contributed by atoms with Crippen molar-refractivity contribution in [3.63, 3.8) is 0 Å². The third-order valence-corrected chi connectivity index (χ3v) is 9.12. The maximum Gasteiger partial charge on any atom is 0.312 e. The summed E-state index contributed by atoms with van der Waals surface area (Å²) in [5, 5.41) is 2.79. The Morgan fingerprint density at radius 1 is 1.11 bits per heavy atom. The minimum atomic E-state index is -0.395. The van der Waals surface area contributed by atoms with E-state index in [1.54, 1.807) is 6.07 Å². The number of benzene rings is 2. The lowest BCUT2D eigenvalue weighted by molar-refractivity contribution is -0.173. The van der Waals surface area contributed by atoms with Crippen molar-refractivity contribution in [3.05, 3.63) is 64.5 Å². The highest BCUT2D eigenvalue weighted by atomic mass is 19.1. The molecule has 0 radical (unpaired) electrons. The van der Waals surface area contributed by atoms with E-state index in [0.717, 1.165) is 61.6 Å². The number of aryl methyl sites for hydroxylation is 1. The average Bonchev–Trinajstić information content (AvgIpc) is 3.39. The van der Waals surface area contributed by atoms with Crippen LogP contribution in [0.2, 0.25) is 0 Å². The van der Waals surface area contributed by atoms with Crippen LogP contribution in [0, 0.1) is 23.1 Å². The van der Waals surface area contributed by atoms with Gasteiger partial charge in [0.05, 0.1) is 17.6 Å². The van der Waals surface area contributed by atoms with Gasteiger partial charge < -0.3 is 20.5 Å². The molecular weight excluding hydrogens is 471 g/mol. The first kappa shape index (κ1) is 23.0. The summed E-state index contributed by atoms with van der Waals surface area (Å²) in [5.74, 6) is 0.930. The molecule has 4 saturated carbocycles. The van der Waals surface area contributed by atoms with E-state index in [0.29, 0.717) is 47.6 Å². The number of esters is 1. The molecule has 37 heavy (non-hydrogen) atoms. The van der Waals surface area contributed by atoms with Crippen molar-refractivity contribution >= 4 is 28.9 Å². The molecule has 4 aliphatic carbocycles. The monoisotopic (exact) mass is 502 g/mol. The fourth-order valence-corrected chi connectivity index (χ4v) is 8.11. The topological polar surface area (TPSA) is 90.7 Å². The van der Waals surface area contributed by atoms with Crippen LogP contribution in [-0.2, 0) is 32.1 Å². The van der Waals surface area contributed by atoms with Crippen LogP contribution in [0.4, 0.5) is 10.1 Å². The van der Waals surface area contributed by atoms with Gasteiger partial charge in [-0.3, -0.25) is 9.59 Å². The highest BCUT2D eigenvalue weighted by Crippen LogP contribution is 2.61. The van der Waals surface area contributed by atoms with Gasteiger partial charge >= 0.3 is 5.97 Å². The Bertz CT molecular complexity index is 1350. The van der Waals surface area contributed by atoms with Crippen LogP contribution in [0.5, 0.6) is 0 Å². The van der Waals surface area contributed by atoms with Gasteiger partial charge in [0, 0.05) is 27.9 Å². The SMILES string of the molecule is NC12CC3CC(C1)CC(C(=O)OCCCc1ccc4c(c1)COC4=C1C(=O)Nc4ccc(F)cc41)(C3)C2. The van der Waals surface area contributed by atoms with Gasteiger partial charge in [-0.15, -0.1) is 0 Å². The Kier molecular flexibility index (Phi) is 5.06. The molecule has 0 aromatic heterocycles. The average molecular weight is 503 g/mol. The lowest BCUT2D eigenvalue weighted by Gasteiger charge is -2.59. The lowest BCUT2D eigenvalue weighted by atomic mass is 9.47. The van der Waals surface area contributed by atoms with Gasteiger partial charge in [0.25, 0.3) is 5.91 Å². The minimum Gasteiger partial charge on any atom is -0.487 e. The molecular formula is C30H31FN2O4. The molecule has 192 valence electrons. The number of carbonyl (C=O) groups excluding carboxylic acids is 2. The molecule has 2 atom stereocenters. The van der Waals surface area contributed by atoms with E-state index >= 15 is 0 Å². The third kappa shape index (κ3) is 3.78. The van der Waals surface area contributed by atoms with Crippen molar-refractivity contribution < 1.29 is 23.5 Å². The maximum absolute atomic E-state index is 13.9. The Labute approximate surface area is 215 Å². The second-order valence-electron chi connectivity index (χ2n) is 12.0. The van der Waals surface area contributed by atoms with E-state index in [4.69, 9.17) is 15.2 Å². The van der Waals surface area contributed by atoms with Crippen LogP contribution >= 0.6 is 0 Å². The number of nitrogens with two attached hydrogens (primary N) is 1. The first-order valence-electron chi connectivity index (χ1n) is 13.4. The van der Waals surface area contributed by atoms with Gasteiger partial charge in [0.1, 0.15) is 18.2 Å². The maximum atomic E-state index is 13.9. The molecule has 2 unspecified atom stereocenters. The lowest BCUT2D eigenvalue weighted by Crippen LogP contribution is -2.62. The summed E-state index contributed by atoms with van der Waals surface area (Å²) in [6.45, 7) is 0.763. The smallest absolute Gasteiger partial charge is 0.312 e. The molecule has 2 aromatic carbocycles. The number of halogens is 1. The number of hydrogen-bond acceptors (Lipinski definition) is 5. The molecule has 6 nitrogen and oxygen atoms in total. The summed E-state index contributed by atoms with van der Waals surface area (Å²) < 4.78 is 25.6. The number of ether oxygens (including phenoxy) is 2. The van der Waals surface area contributed by atoms with Gasteiger partial charge in [-0.05, 0) is 87.0 Å². The van der Waals surface area contributed by atoms with Crippen LogP contribution in [0.3, 0.4) is 0 Å². The first-order valence-corrected chi connectivity index (χ1v) is 13.4. The standard InChI is InChI=1S/C30H31FN2O4/c31-21-4-6-24-23(10-21)25(27(34)33-24)26-22-5-3-17(9-20(22)15-37-26)2-1-7-36-28(35)29-11-18-8-19(12-29)14-30(32,13-18)16-29/h3-6,9-10,18-19H,1-2,7-8,11-16,32H2,(H,33,34). The summed E-state index contributed by atoms with van der Waals surface area (Å²) in [7, 11) is 0. The molecule has 3 N–H and O–H groups in total. The molecule has 2 heterocycles. The quantitative estimate of drug-likeness (QED) is 0.343. The largest absolute Gasteiger partial charge is 0.487 e. The third-order valence-electron chi connectivity index (χ3n) is 9.12. The number of anilines is 1. The molecule has 2 aromatic rings. The van der Waals surface area contributed by atoms with Gasteiger partial charge in [-0.1, -0.05) is 18.2 Å². The van der Waals surface area contributed by atoms with Crippen LogP contribution in [0.25, 0.3) is 11.3 Å². The highest BCUT2D eigenvalue weighted by molar-refractivity contribution is 6.36. The van der Waals surface area contributed by atoms with E-state index in [2.05, 4.69) is 11.4 Å². The van der Waals surface area contributed by atoms with E-state index in [-0.39, 0.29) is 22.8 Å². The summed E-state index contributed by atoms with van der Waals surface area (Å²) in [6, 6.07) is 10.3. The Balaban J connectivity index is 1.01. The summed E-state index contributed by atoms with van der Waals surface area (Å²) in [6.07, 6.45) is 7.54. The second-order valence-corrected chi connectivity index (χ2v) is 12.0. The van der Waals surface area contributed by atoms with Crippen molar-refractivity contribution in [1.29, 1.82) is 0 Å². The molecule has 0 saturated heterocycles. The summed E-state index contributed by atoms with van der Waals surface area (Å²) in [4.78, 5) is 25.8. The summed E-state index contributed by atoms with van der Waals surface area (Å²) >= 11 is 0. The molecule has 4 fully saturated rings. The van der Waals surface area contributed by atoms with Crippen molar-refractivity contribution in [2.24, 2.45) is 23.0 Å². The second kappa shape index (κ2) is 8.15. The number of fused-ring (bicyclic) bond motifs is 2. The van der Waals surface area contributed by atoms with Gasteiger partial charge in [-0.2, -0.15) is 0 Å². The van der Waals surface area contributed by atoms with E-state index < -0.39 is 5.82 Å². The molecule has 6 aliphatic rings. The Morgan fingerprint density at radius 3 is 2.70 bits per heavy atom. The zero-order chi connectivity index (χ0) is 25.4. The van der Waals surface area contributed by atoms with E-state index in [9.17, 15) is 14.0 Å². The fourth-order valence-electron chi connectivity index (χ4n) is 8.11. The van der Waals surface area contributed by atoms with Crippen molar-refractivity contribution in [1.82, 2.24) is 0 Å². The minimum absolute atomic E-state index is 0.0402. The normalized spacial score (nSPS) is 32.6. The molecule has 2 aliphatic heterocycles. The van der Waals surface area contributed by atoms with Crippen molar-refractivity contribution in [2.45, 2.75) is 63.5 Å². The number of hydrogen-bond donors (Lipinski definition) is 2. The van der Waals surface area contributed by atoms with Gasteiger partial charge in [-0.25, -0.2) is 4.39 Å².